The fourth-order valence-electron chi connectivity index (χ4n) is 1.90. The molecule has 0 radical (unpaired) electrons. The summed E-state index contributed by atoms with van der Waals surface area (Å²) in [5.41, 5.74) is 0.188. The third kappa shape index (κ3) is 2.67. The zero-order chi connectivity index (χ0) is 12.5. The summed E-state index contributed by atoms with van der Waals surface area (Å²) in [5, 5.41) is 2.69. The molecule has 0 atom stereocenters. The van der Waals surface area contributed by atoms with Gasteiger partial charge in [0.1, 0.15) is 0 Å². The molecule has 1 aromatic carbocycles. The highest BCUT2D eigenvalue weighted by Gasteiger charge is 2.07. The number of hydrogen-bond donors (Lipinski definition) is 0. The zero-order valence-corrected chi connectivity index (χ0v) is 11.5. The number of hydrogen-bond acceptors (Lipinski definition) is 1. The van der Waals surface area contributed by atoms with Gasteiger partial charge in [-0.15, -0.1) is 11.3 Å². The molecule has 0 N–H and O–H groups in total. The molecule has 0 saturated heterocycles. The van der Waals surface area contributed by atoms with Crippen molar-refractivity contribution in [2.45, 2.75) is 20.8 Å². The fourth-order valence-corrected chi connectivity index (χ4v) is 3.01. The van der Waals surface area contributed by atoms with Gasteiger partial charge in [-0.25, -0.2) is 0 Å². The van der Waals surface area contributed by atoms with Crippen molar-refractivity contribution in [1.82, 2.24) is 0 Å². The summed E-state index contributed by atoms with van der Waals surface area (Å²) in [6.07, 6.45) is 6.31. The van der Waals surface area contributed by atoms with Crippen molar-refractivity contribution in [3.05, 3.63) is 46.7 Å². The first-order chi connectivity index (χ1) is 8.01. The maximum absolute atomic E-state index is 3.80. The molecule has 0 aliphatic rings. The smallest absolute Gasteiger partial charge is 0.0355 e. The second-order valence-electron chi connectivity index (χ2n) is 5.29. The second-order valence-corrected chi connectivity index (χ2v) is 6.37. The fraction of sp³-hybridized carbons (Fsp3) is 0.250. The van der Waals surface area contributed by atoms with E-state index < -0.39 is 0 Å². The SMILES string of the molecule is C=C/C=c1/sc2ccccc2/c1=C/C(C)(C)C. The van der Waals surface area contributed by atoms with Gasteiger partial charge in [0.15, 0.2) is 0 Å². The summed E-state index contributed by atoms with van der Waals surface area (Å²) < 4.78 is 2.65. The second kappa shape index (κ2) is 4.50. The summed E-state index contributed by atoms with van der Waals surface area (Å²) in [6.45, 7) is 10.5. The highest BCUT2D eigenvalue weighted by Crippen LogP contribution is 2.17. The molecule has 0 spiro atoms. The first-order valence-electron chi connectivity index (χ1n) is 5.84. The number of rotatable bonds is 1. The largest absolute Gasteiger partial charge is 0.135 e. The molecular weight excluding hydrogens is 224 g/mol. The van der Waals surface area contributed by atoms with E-state index in [1.807, 2.05) is 17.4 Å². The van der Waals surface area contributed by atoms with Gasteiger partial charge in [-0.1, -0.05) is 57.7 Å². The molecule has 0 saturated carbocycles. The summed E-state index contributed by atoms with van der Waals surface area (Å²) >= 11 is 1.83. The van der Waals surface area contributed by atoms with Gasteiger partial charge < -0.3 is 0 Å². The Morgan fingerprint density at radius 3 is 2.53 bits per heavy atom. The third-order valence-corrected chi connectivity index (χ3v) is 3.66. The molecule has 0 bridgehead atoms. The molecule has 1 heterocycles. The Bertz CT molecular complexity index is 651. The van der Waals surface area contributed by atoms with Crippen molar-refractivity contribution in [2.24, 2.45) is 5.41 Å². The maximum Gasteiger partial charge on any atom is 0.0355 e. The molecule has 0 aliphatic heterocycles. The number of benzene rings is 1. The van der Waals surface area contributed by atoms with E-state index in [1.54, 1.807) is 0 Å². The van der Waals surface area contributed by atoms with Crippen molar-refractivity contribution >= 4 is 33.6 Å². The van der Waals surface area contributed by atoms with Gasteiger partial charge in [-0.2, -0.15) is 0 Å². The van der Waals surface area contributed by atoms with Gasteiger partial charge in [-0.3, -0.25) is 0 Å². The van der Waals surface area contributed by atoms with Crippen LogP contribution in [0.2, 0.25) is 0 Å². The van der Waals surface area contributed by atoms with E-state index in [-0.39, 0.29) is 5.41 Å². The minimum Gasteiger partial charge on any atom is -0.135 e. The van der Waals surface area contributed by atoms with Crippen molar-refractivity contribution < 1.29 is 0 Å². The summed E-state index contributed by atoms with van der Waals surface area (Å²) in [6, 6.07) is 8.58. The number of thiophene rings is 1. The molecule has 0 fully saturated rings. The maximum atomic E-state index is 3.80. The van der Waals surface area contributed by atoms with Gasteiger partial charge >= 0.3 is 0 Å². The molecule has 2 rings (SSSR count). The van der Waals surface area contributed by atoms with Gasteiger partial charge in [-0.05, 0) is 22.8 Å². The molecule has 0 nitrogen and oxygen atoms in total. The molecule has 0 aliphatic carbocycles. The van der Waals surface area contributed by atoms with E-state index in [2.05, 4.69) is 63.8 Å². The Hall–Kier alpha value is -1.34. The minimum atomic E-state index is 0.188. The van der Waals surface area contributed by atoms with Crippen molar-refractivity contribution in [1.29, 1.82) is 0 Å². The molecule has 1 heteroatoms. The van der Waals surface area contributed by atoms with Gasteiger partial charge in [0.2, 0.25) is 0 Å². The molecule has 1 aromatic heterocycles. The average Bonchev–Trinajstić information content (AvgIpc) is 2.56. The average molecular weight is 242 g/mol. The van der Waals surface area contributed by atoms with Crippen LogP contribution in [0.3, 0.4) is 0 Å². The lowest BCUT2D eigenvalue weighted by Crippen LogP contribution is -2.21. The van der Waals surface area contributed by atoms with E-state index in [9.17, 15) is 0 Å². The first kappa shape index (κ1) is 12.1. The van der Waals surface area contributed by atoms with Gasteiger partial charge in [0.05, 0.1) is 0 Å². The first-order valence-corrected chi connectivity index (χ1v) is 6.66. The quantitative estimate of drug-likeness (QED) is 0.715. The topological polar surface area (TPSA) is 0 Å². The molecule has 88 valence electrons. The van der Waals surface area contributed by atoms with E-state index >= 15 is 0 Å². The van der Waals surface area contributed by atoms with Crippen LogP contribution < -0.4 is 9.75 Å². The van der Waals surface area contributed by atoms with Crippen LogP contribution in [0.25, 0.3) is 22.2 Å². The van der Waals surface area contributed by atoms with Crippen LogP contribution in [0.4, 0.5) is 0 Å². The van der Waals surface area contributed by atoms with Crippen LogP contribution >= 0.6 is 11.3 Å². The van der Waals surface area contributed by atoms with Gasteiger partial charge in [0, 0.05) is 14.6 Å². The van der Waals surface area contributed by atoms with Gasteiger partial charge in [0.25, 0.3) is 0 Å². The van der Waals surface area contributed by atoms with E-state index in [4.69, 9.17) is 0 Å². The van der Waals surface area contributed by atoms with Crippen molar-refractivity contribution in [3.63, 3.8) is 0 Å². The Kier molecular flexibility index (Phi) is 3.21. The Morgan fingerprint density at radius 2 is 1.88 bits per heavy atom. The monoisotopic (exact) mass is 242 g/mol. The van der Waals surface area contributed by atoms with Crippen LogP contribution in [0.15, 0.2) is 36.9 Å². The van der Waals surface area contributed by atoms with Crippen LogP contribution in [0, 0.1) is 5.41 Å². The number of allylic oxidation sites excluding steroid dienone is 1. The Morgan fingerprint density at radius 1 is 1.18 bits per heavy atom. The molecule has 17 heavy (non-hydrogen) atoms. The Balaban J connectivity index is 2.92. The van der Waals surface area contributed by atoms with Crippen molar-refractivity contribution in [2.75, 3.05) is 0 Å². The number of fused-ring (bicyclic) bond motifs is 1. The lowest BCUT2D eigenvalue weighted by Gasteiger charge is -2.10. The molecular formula is C16H18S. The normalized spacial score (nSPS) is 14.5. The zero-order valence-electron chi connectivity index (χ0n) is 10.7. The lowest BCUT2D eigenvalue weighted by molar-refractivity contribution is 0.584. The predicted octanol–water partition coefficient (Wildman–Crippen LogP) is 3.69. The minimum absolute atomic E-state index is 0.188. The van der Waals surface area contributed by atoms with Crippen molar-refractivity contribution in [3.8, 4) is 0 Å². The third-order valence-electron chi connectivity index (χ3n) is 2.51. The van der Waals surface area contributed by atoms with E-state index in [0.717, 1.165) is 0 Å². The molecule has 0 amide bonds. The highest BCUT2D eigenvalue weighted by atomic mass is 32.1. The summed E-state index contributed by atoms with van der Waals surface area (Å²) in [5.74, 6) is 0. The lowest BCUT2D eigenvalue weighted by atomic mass is 9.95. The van der Waals surface area contributed by atoms with Crippen LogP contribution in [-0.4, -0.2) is 0 Å². The van der Waals surface area contributed by atoms with E-state index in [1.165, 1.54) is 19.8 Å². The summed E-state index contributed by atoms with van der Waals surface area (Å²) in [7, 11) is 0. The standard InChI is InChI=1S/C16H18S/c1-5-8-14-13(11-16(2,3)4)12-9-6-7-10-15(12)17-14/h5-11H,1H2,2-4H3/b13-11-,14-8+. The van der Waals surface area contributed by atoms with Crippen LogP contribution in [0.1, 0.15) is 20.8 Å². The predicted molar refractivity (Wildman–Crippen MR) is 79.7 cm³/mol. The summed E-state index contributed by atoms with van der Waals surface area (Å²) in [4.78, 5) is 0. The molecule has 0 unspecified atom stereocenters. The molecule has 2 aromatic rings. The van der Waals surface area contributed by atoms with E-state index in [0.29, 0.717) is 0 Å². The highest BCUT2D eigenvalue weighted by molar-refractivity contribution is 7.17. The van der Waals surface area contributed by atoms with Crippen LogP contribution in [0.5, 0.6) is 0 Å². The van der Waals surface area contributed by atoms with Crippen LogP contribution in [-0.2, 0) is 0 Å². The Labute approximate surface area is 107 Å².